The molecule has 0 unspecified atom stereocenters. The Hall–Kier alpha value is -2.28. The van der Waals surface area contributed by atoms with Gasteiger partial charge in [-0.2, -0.15) is 4.98 Å². The fourth-order valence-electron chi connectivity index (χ4n) is 1.24. The zero-order valence-electron chi connectivity index (χ0n) is 8.61. The van der Waals surface area contributed by atoms with Gasteiger partial charge in [0.1, 0.15) is 23.1 Å². The van der Waals surface area contributed by atoms with Crippen LogP contribution in [-0.2, 0) is 0 Å². The van der Waals surface area contributed by atoms with Crippen molar-refractivity contribution in [2.75, 3.05) is 10.7 Å². The summed E-state index contributed by atoms with van der Waals surface area (Å²) >= 11 is 0. The highest BCUT2D eigenvalue weighted by Crippen LogP contribution is 2.21. The number of hydrogen-bond acceptors (Lipinski definition) is 5. The van der Waals surface area contributed by atoms with Crippen molar-refractivity contribution in [3.63, 3.8) is 0 Å². The first-order chi connectivity index (χ1) is 8.20. The van der Waals surface area contributed by atoms with Gasteiger partial charge in [-0.3, -0.25) is 5.43 Å². The number of para-hydroxylation sites is 1. The fraction of sp³-hybridized carbons (Fsp3) is 0. The molecule has 1 aromatic heterocycles. The minimum Gasteiger partial charge on any atom is -0.335 e. The number of aromatic nitrogens is 2. The topological polar surface area (TPSA) is 75.9 Å². The van der Waals surface area contributed by atoms with Gasteiger partial charge in [0.2, 0.25) is 5.95 Å². The largest absolute Gasteiger partial charge is 0.335 e. The maximum atomic E-state index is 13.3. The van der Waals surface area contributed by atoms with Crippen LogP contribution < -0.4 is 16.6 Å². The van der Waals surface area contributed by atoms with Crippen molar-refractivity contribution in [2.24, 2.45) is 5.84 Å². The van der Waals surface area contributed by atoms with E-state index in [-0.39, 0.29) is 17.5 Å². The molecule has 0 saturated heterocycles. The van der Waals surface area contributed by atoms with E-state index in [2.05, 4.69) is 20.7 Å². The fourth-order valence-corrected chi connectivity index (χ4v) is 1.24. The molecule has 2 rings (SSSR count). The van der Waals surface area contributed by atoms with Crippen LogP contribution in [0.25, 0.3) is 0 Å². The van der Waals surface area contributed by atoms with Crippen LogP contribution in [0.3, 0.4) is 0 Å². The van der Waals surface area contributed by atoms with Crippen LogP contribution >= 0.6 is 0 Å². The number of halogens is 2. The zero-order chi connectivity index (χ0) is 12.3. The van der Waals surface area contributed by atoms with Crippen molar-refractivity contribution < 1.29 is 8.78 Å². The summed E-state index contributed by atoms with van der Waals surface area (Å²) in [6.07, 6.45) is 1.41. The smallest absolute Gasteiger partial charge is 0.239 e. The molecular weight excluding hydrogens is 228 g/mol. The van der Waals surface area contributed by atoms with E-state index in [1.807, 2.05) is 0 Å². The van der Waals surface area contributed by atoms with Crippen molar-refractivity contribution in [1.29, 1.82) is 0 Å². The van der Waals surface area contributed by atoms with Gasteiger partial charge in [0, 0.05) is 6.20 Å². The summed E-state index contributed by atoms with van der Waals surface area (Å²) < 4.78 is 26.7. The van der Waals surface area contributed by atoms with E-state index in [9.17, 15) is 8.78 Å². The first-order valence-electron chi connectivity index (χ1n) is 4.71. The highest BCUT2D eigenvalue weighted by molar-refractivity contribution is 5.58. The van der Waals surface area contributed by atoms with E-state index in [0.29, 0.717) is 0 Å². The molecule has 2 aromatic rings. The van der Waals surface area contributed by atoms with Crippen LogP contribution in [0.4, 0.5) is 26.2 Å². The highest BCUT2D eigenvalue weighted by Gasteiger charge is 2.09. The third kappa shape index (κ3) is 2.45. The van der Waals surface area contributed by atoms with Gasteiger partial charge < -0.3 is 5.32 Å². The van der Waals surface area contributed by atoms with Gasteiger partial charge in [0.05, 0.1) is 0 Å². The Morgan fingerprint density at radius 2 is 1.82 bits per heavy atom. The molecule has 0 bridgehead atoms. The number of rotatable bonds is 3. The van der Waals surface area contributed by atoms with Crippen molar-refractivity contribution in [1.82, 2.24) is 9.97 Å². The molecule has 0 amide bonds. The summed E-state index contributed by atoms with van der Waals surface area (Å²) in [7, 11) is 0. The van der Waals surface area contributed by atoms with E-state index >= 15 is 0 Å². The maximum Gasteiger partial charge on any atom is 0.239 e. The third-order valence-corrected chi connectivity index (χ3v) is 2.00. The van der Waals surface area contributed by atoms with Crippen LogP contribution in [0.5, 0.6) is 0 Å². The molecule has 88 valence electrons. The molecule has 0 fully saturated rings. The number of nitrogen functional groups attached to an aromatic ring is 1. The highest BCUT2D eigenvalue weighted by atomic mass is 19.1. The molecule has 0 aliphatic rings. The first-order valence-corrected chi connectivity index (χ1v) is 4.71. The SMILES string of the molecule is NNc1nccc(Nc2c(F)cccc2F)n1. The van der Waals surface area contributed by atoms with Gasteiger partial charge in [0.25, 0.3) is 0 Å². The molecule has 0 radical (unpaired) electrons. The predicted octanol–water partition coefficient (Wildman–Crippen LogP) is 1.78. The van der Waals surface area contributed by atoms with Gasteiger partial charge in [-0.05, 0) is 18.2 Å². The number of nitrogens with two attached hydrogens (primary N) is 1. The van der Waals surface area contributed by atoms with Crippen LogP contribution in [0.2, 0.25) is 0 Å². The summed E-state index contributed by atoms with van der Waals surface area (Å²) in [6.45, 7) is 0. The second-order valence-electron chi connectivity index (χ2n) is 3.13. The Balaban J connectivity index is 2.31. The lowest BCUT2D eigenvalue weighted by Crippen LogP contribution is -2.11. The molecule has 17 heavy (non-hydrogen) atoms. The number of nitrogens with zero attached hydrogens (tertiary/aromatic N) is 2. The Morgan fingerprint density at radius 1 is 1.12 bits per heavy atom. The summed E-state index contributed by atoms with van der Waals surface area (Å²) in [5.41, 5.74) is 1.96. The van der Waals surface area contributed by atoms with E-state index < -0.39 is 11.6 Å². The van der Waals surface area contributed by atoms with E-state index in [1.165, 1.54) is 18.3 Å². The Bertz CT molecular complexity index is 512. The summed E-state index contributed by atoms with van der Waals surface area (Å²) in [6, 6.07) is 5.04. The van der Waals surface area contributed by atoms with Gasteiger partial charge >= 0.3 is 0 Å². The van der Waals surface area contributed by atoms with Crippen LogP contribution in [0.15, 0.2) is 30.5 Å². The standard InChI is InChI=1S/C10H9F2N5/c11-6-2-1-3-7(12)9(6)15-8-4-5-14-10(16-8)17-13/h1-5H,13H2,(H2,14,15,16,17). The van der Waals surface area contributed by atoms with E-state index in [1.54, 1.807) is 0 Å². The number of nitrogens with one attached hydrogen (secondary N) is 2. The van der Waals surface area contributed by atoms with E-state index in [4.69, 9.17) is 5.84 Å². The summed E-state index contributed by atoms with van der Waals surface area (Å²) in [4.78, 5) is 7.65. The lowest BCUT2D eigenvalue weighted by molar-refractivity contribution is 0.590. The number of benzene rings is 1. The van der Waals surface area contributed by atoms with Crippen molar-refractivity contribution in [2.45, 2.75) is 0 Å². The number of hydrogen-bond donors (Lipinski definition) is 3. The maximum absolute atomic E-state index is 13.3. The minimum absolute atomic E-state index is 0.145. The van der Waals surface area contributed by atoms with Gasteiger partial charge in [0.15, 0.2) is 0 Å². The Morgan fingerprint density at radius 3 is 2.47 bits per heavy atom. The average molecular weight is 237 g/mol. The molecule has 0 aliphatic heterocycles. The molecule has 0 aliphatic carbocycles. The molecule has 5 nitrogen and oxygen atoms in total. The molecule has 7 heteroatoms. The summed E-state index contributed by atoms with van der Waals surface area (Å²) in [5, 5.41) is 2.52. The lowest BCUT2D eigenvalue weighted by Gasteiger charge is -2.08. The molecule has 0 spiro atoms. The van der Waals surface area contributed by atoms with Gasteiger partial charge in [-0.15, -0.1) is 0 Å². The molecule has 4 N–H and O–H groups in total. The average Bonchev–Trinajstić information content (AvgIpc) is 2.34. The van der Waals surface area contributed by atoms with Crippen LogP contribution in [0.1, 0.15) is 0 Å². The molecular formula is C10H9F2N5. The second-order valence-corrected chi connectivity index (χ2v) is 3.13. The molecule has 1 heterocycles. The number of anilines is 3. The monoisotopic (exact) mass is 237 g/mol. The lowest BCUT2D eigenvalue weighted by atomic mass is 10.3. The molecule has 1 aromatic carbocycles. The van der Waals surface area contributed by atoms with Crippen molar-refractivity contribution in [3.8, 4) is 0 Å². The number of hydrazine groups is 1. The Kier molecular flexibility index (Phi) is 3.10. The summed E-state index contributed by atoms with van der Waals surface area (Å²) in [5.74, 6) is 4.09. The first kappa shape index (κ1) is 11.2. The predicted molar refractivity (Wildman–Crippen MR) is 59.5 cm³/mol. The zero-order valence-corrected chi connectivity index (χ0v) is 8.61. The van der Waals surface area contributed by atoms with Crippen molar-refractivity contribution >= 4 is 17.5 Å². The van der Waals surface area contributed by atoms with Crippen LogP contribution in [-0.4, -0.2) is 9.97 Å². The van der Waals surface area contributed by atoms with Gasteiger partial charge in [-0.25, -0.2) is 19.6 Å². The molecule has 0 saturated carbocycles. The minimum atomic E-state index is -0.703. The van der Waals surface area contributed by atoms with Crippen LogP contribution in [0, 0.1) is 11.6 Å². The third-order valence-electron chi connectivity index (χ3n) is 2.00. The second kappa shape index (κ2) is 4.71. The molecule has 0 atom stereocenters. The quantitative estimate of drug-likeness (QED) is 0.560. The normalized spacial score (nSPS) is 10.1. The Labute approximate surface area is 95.7 Å². The van der Waals surface area contributed by atoms with Crippen molar-refractivity contribution in [3.05, 3.63) is 42.1 Å². The van der Waals surface area contributed by atoms with Gasteiger partial charge in [-0.1, -0.05) is 6.07 Å². The van der Waals surface area contributed by atoms with E-state index in [0.717, 1.165) is 12.1 Å².